The normalized spacial score (nSPS) is 13.3. The number of aryl methyl sites for hydroxylation is 3. The van der Waals surface area contributed by atoms with Crippen LogP contribution >= 0.6 is 34.4 Å². The molecule has 0 radical (unpaired) electrons. The summed E-state index contributed by atoms with van der Waals surface area (Å²) in [7, 11) is 0. The lowest BCUT2D eigenvalue weighted by atomic mass is 9.97. The number of benzene rings is 1. The molecular weight excluding hydrogens is 460 g/mol. The Hall–Kier alpha value is -2.49. The molecule has 3 heterocycles. The summed E-state index contributed by atoms with van der Waals surface area (Å²) in [4.78, 5) is 36.6. The number of carbonyl (C=O) groups is 1. The predicted molar refractivity (Wildman–Crippen MR) is 133 cm³/mol. The molecule has 1 amide bonds. The summed E-state index contributed by atoms with van der Waals surface area (Å²) in [5, 5.41) is 6.68. The number of thioether (sulfide) groups is 1. The fraction of sp³-hybridized carbons (Fsp3) is 0.304. The van der Waals surface area contributed by atoms with E-state index >= 15 is 0 Å². The Labute approximate surface area is 197 Å². The first-order chi connectivity index (χ1) is 15.5. The molecule has 0 aliphatic heterocycles. The molecule has 164 valence electrons. The molecule has 4 aromatic rings. The van der Waals surface area contributed by atoms with E-state index in [-0.39, 0.29) is 11.5 Å². The Kier molecular flexibility index (Phi) is 5.88. The number of hydrogen-bond donors (Lipinski definition) is 1. The summed E-state index contributed by atoms with van der Waals surface area (Å²) in [6.45, 7) is 3.50. The molecule has 6 nitrogen and oxygen atoms in total. The molecule has 0 atom stereocenters. The maximum Gasteiger partial charge on any atom is 0.267 e. The minimum Gasteiger partial charge on any atom is -0.302 e. The monoisotopic (exact) mass is 482 g/mol. The van der Waals surface area contributed by atoms with E-state index in [0.29, 0.717) is 16.0 Å². The van der Waals surface area contributed by atoms with Crippen molar-refractivity contribution in [3.63, 3.8) is 0 Å². The van der Waals surface area contributed by atoms with Crippen molar-refractivity contribution in [1.82, 2.24) is 14.5 Å². The smallest absolute Gasteiger partial charge is 0.267 e. The van der Waals surface area contributed by atoms with Crippen LogP contribution in [0.4, 0.5) is 5.13 Å². The molecule has 32 heavy (non-hydrogen) atoms. The lowest BCUT2D eigenvalue weighted by molar-refractivity contribution is -0.114. The van der Waals surface area contributed by atoms with Gasteiger partial charge in [-0.05, 0) is 50.3 Å². The van der Waals surface area contributed by atoms with Gasteiger partial charge in [0.1, 0.15) is 4.83 Å². The van der Waals surface area contributed by atoms with Gasteiger partial charge in [0.05, 0.1) is 16.8 Å². The Bertz CT molecular complexity index is 1370. The van der Waals surface area contributed by atoms with Gasteiger partial charge < -0.3 is 5.32 Å². The molecule has 0 saturated heterocycles. The highest BCUT2D eigenvalue weighted by Crippen LogP contribution is 2.35. The number of anilines is 1. The van der Waals surface area contributed by atoms with Gasteiger partial charge in [-0.2, -0.15) is 0 Å². The van der Waals surface area contributed by atoms with E-state index in [2.05, 4.69) is 10.3 Å². The number of thiophene rings is 1. The van der Waals surface area contributed by atoms with Crippen LogP contribution in [-0.4, -0.2) is 20.4 Å². The van der Waals surface area contributed by atoms with Crippen LogP contribution in [0.15, 0.2) is 39.6 Å². The van der Waals surface area contributed by atoms with E-state index in [9.17, 15) is 9.59 Å². The first kappa shape index (κ1) is 21.4. The fourth-order valence-corrected chi connectivity index (χ4v) is 6.99. The molecule has 9 heteroatoms. The largest absolute Gasteiger partial charge is 0.302 e. The van der Waals surface area contributed by atoms with Crippen LogP contribution in [0.1, 0.15) is 41.5 Å². The molecule has 0 saturated carbocycles. The van der Waals surface area contributed by atoms with Crippen molar-refractivity contribution in [2.24, 2.45) is 0 Å². The zero-order valence-electron chi connectivity index (χ0n) is 17.8. The summed E-state index contributed by atoms with van der Waals surface area (Å²) >= 11 is 4.56. The number of nitrogens with one attached hydrogen (secondary N) is 1. The van der Waals surface area contributed by atoms with Gasteiger partial charge in [-0.3, -0.25) is 14.2 Å². The van der Waals surface area contributed by atoms with Crippen molar-refractivity contribution in [2.75, 3.05) is 5.32 Å². The van der Waals surface area contributed by atoms with E-state index < -0.39 is 0 Å². The molecule has 0 spiro atoms. The van der Waals surface area contributed by atoms with Crippen LogP contribution in [0.3, 0.4) is 0 Å². The van der Waals surface area contributed by atoms with Gasteiger partial charge in [0.2, 0.25) is 5.91 Å². The molecule has 1 aromatic carbocycles. The van der Waals surface area contributed by atoms with Crippen molar-refractivity contribution < 1.29 is 4.79 Å². The van der Waals surface area contributed by atoms with Crippen molar-refractivity contribution in [3.8, 4) is 5.69 Å². The first-order valence-electron chi connectivity index (χ1n) is 10.5. The van der Waals surface area contributed by atoms with Crippen molar-refractivity contribution in [3.05, 3.63) is 61.7 Å². The van der Waals surface area contributed by atoms with Crippen LogP contribution in [0.5, 0.6) is 0 Å². The zero-order chi connectivity index (χ0) is 22.2. The van der Waals surface area contributed by atoms with Crippen LogP contribution in [-0.2, 0) is 23.4 Å². The van der Waals surface area contributed by atoms with E-state index in [1.807, 2.05) is 36.6 Å². The second-order valence-electron chi connectivity index (χ2n) is 7.88. The number of fused-ring (bicyclic) bond motifs is 3. The summed E-state index contributed by atoms with van der Waals surface area (Å²) in [6, 6.07) is 7.99. The average molecular weight is 483 g/mol. The maximum absolute atomic E-state index is 13.8. The van der Waals surface area contributed by atoms with E-state index in [1.165, 1.54) is 46.9 Å². The number of nitrogens with zero attached hydrogens (tertiary/aromatic N) is 3. The number of aromatic nitrogens is 3. The predicted octanol–water partition coefficient (Wildman–Crippen LogP) is 5.34. The Morgan fingerprint density at radius 2 is 1.97 bits per heavy atom. The van der Waals surface area contributed by atoms with Gasteiger partial charge in [0, 0.05) is 22.9 Å². The minimum atomic E-state index is -0.138. The summed E-state index contributed by atoms with van der Waals surface area (Å²) in [5.74, 6) is 0.422. The summed E-state index contributed by atoms with van der Waals surface area (Å²) in [5.41, 5.74) is 4.03. The number of thiazole rings is 1. The summed E-state index contributed by atoms with van der Waals surface area (Å²) < 4.78 is 1.75. The third kappa shape index (κ3) is 4.12. The Balaban J connectivity index is 1.58. The van der Waals surface area contributed by atoms with Crippen molar-refractivity contribution >= 4 is 55.7 Å². The minimum absolute atomic E-state index is 0.0120. The molecule has 1 aliphatic carbocycles. The van der Waals surface area contributed by atoms with Crippen molar-refractivity contribution in [1.29, 1.82) is 0 Å². The van der Waals surface area contributed by atoms with Gasteiger partial charge in [-0.1, -0.05) is 29.5 Å². The summed E-state index contributed by atoms with van der Waals surface area (Å²) in [6.07, 6.45) is 4.29. The van der Waals surface area contributed by atoms with Crippen LogP contribution < -0.4 is 10.9 Å². The van der Waals surface area contributed by atoms with Crippen LogP contribution in [0, 0.1) is 6.92 Å². The van der Waals surface area contributed by atoms with Gasteiger partial charge in [-0.25, -0.2) is 9.97 Å². The molecule has 1 N–H and O–H groups in total. The fourth-order valence-electron chi connectivity index (χ4n) is 3.92. The number of hydrogen-bond acceptors (Lipinski definition) is 7. The number of rotatable bonds is 5. The molecular formula is C23H22N4O2S3. The van der Waals surface area contributed by atoms with Gasteiger partial charge in [0.15, 0.2) is 10.3 Å². The SMILES string of the molecule is CC(=O)Nc1nc(CSc2nc3sc4c(c3c(=O)n2-c2ccc(C)cc2)CCCC4)cs1. The van der Waals surface area contributed by atoms with E-state index in [4.69, 9.17) is 4.98 Å². The highest BCUT2D eigenvalue weighted by atomic mass is 32.2. The Morgan fingerprint density at radius 3 is 2.75 bits per heavy atom. The zero-order valence-corrected chi connectivity index (χ0v) is 20.3. The standard InChI is InChI=1S/C23H22N4O2S3/c1-13-7-9-16(10-8-13)27-21(29)19-17-5-3-4-6-18(17)32-20(19)26-23(27)31-12-15-11-30-22(25-15)24-14(2)28/h7-11H,3-6,12H2,1-2H3,(H,24,25,28). The Morgan fingerprint density at radius 1 is 1.19 bits per heavy atom. The van der Waals surface area contributed by atoms with Gasteiger partial charge in [-0.15, -0.1) is 22.7 Å². The number of carbonyl (C=O) groups excluding carboxylic acids is 1. The third-order valence-electron chi connectivity index (χ3n) is 5.43. The van der Waals surface area contributed by atoms with Crippen molar-refractivity contribution in [2.45, 2.75) is 50.4 Å². The quantitative estimate of drug-likeness (QED) is 0.307. The van der Waals surface area contributed by atoms with Gasteiger partial charge >= 0.3 is 0 Å². The molecule has 0 bridgehead atoms. The second-order valence-corrected chi connectivity index (χ2v) is 10.8. The number of amides is 1. The highest BCUT2D eigenvalue weighted by molar-refractivity contribution is 7.98. The molecule has 0 fully saturated rings. The van der Waals surface area contributed by atoms with Gasteiger partial charge in [0.25, 0.3) is 5.56 Å². The highest BCUT2D eigenvalue weighted by Gasteiger charge is 2.23. The first-order valence-corrected chi connectivity index (χ1v) is 13.2. The topological polar surface area (TPSA) is 76.9 Å². The molecule has 3 aromatic heterocycles. The van der Waals surface area contributed by atoms with Crippen LogP contribution in [0.25, 0.3) is 15.9 Å². The van der Waals surface area contributed by atoms with Crippen LogP contribution in [0.2, 0.25) is 0 Å². The molecule has 0 unspecified atom stereocenters. The molecule has 5 rings (SSSR count). The second kappa shape index (κ2) is 8.80. The lowest BCUT2D eigenvalue weighted by Crippen LogP contribution is -2.22. The van der Waals surface area contributed by atoms with E-state index in [1.54, 1.807) is 15.9 Å². The average Bonchev–Trinajstić information content (AvgIpc) is 3.36. The van der Waals surface area contributed by atoms with E-state index in [0.717, 1.165) is 46.4 Å². The third-order valence-corrected chi connectivity index (χ3v) is 8.40. The lowest BCUT2D eigenvalue weighted by Gasteiger charge is -2.13. The molecule has 1 aliphatic rings. The maximum atomic E-state index is 13.8.